The summed E-state index contributed by atoms with van der Waals surface area (Å²) in [7, 11) is 0. The molecule has 1 heterocycles. The van der Waals surface area contributed by atoms with Crippen LogP contribution < -0.4 is 10.6 Å². The van der Waals surface area contributed by atoms with Gasteiger partial charge in [0.05, 0.1) is 15.9 Å². The summed E-state index contributed by atoms with van der Waals surface area (Å²) in [6.07, 6.45) is 1.19. The van der Waals surface area contributed by atoms with Crippen molar-refractivity contribution in [3.63, 3.8) is 0 Å². The Morgan fingerprint density at radius 3 is 2.32 bits per heavy atom. The fraction of sp³-hybridized carbons (Fsp3) is 0.111. The van der Waals surface area contributed by atoms with Crippen molar-refractivity contribution in [2.75, 3.05) is 10.6 Å². The predicted molar refractivity (Wildman–Crippen MR) is 104 cm³/mol. The van der Waals surface area contributed by atoms with E-state index in [2.05, 4.69) is 20.6 Å². The van der Waals surface area contributed by atoms with Crippen molar-refractivity contribution in [2.24, 2.45) is 0 Å². The van der Waals surface area contributed by atoms with E-state index in [4.69, 9.17) is 0 Å². The molecule has 0 aliphatic rings. The van der Waals surface area contributed by atoms with E-state index in [9.17, 15) is 20.2 Å². The van der Waals surface area contributed by atoms with Crippen molar-refractivity contribution in [1.29, 1.82) is 0 Å². The number of rotatable bonds is 7. The normalized spacial score (nSPS) is 11.5. The molecule has 1 atom stereocenters. The van der Waals surface area contributed by atoms with Crippen LogP contribution in [0.4, 0.5) is 28.7 Å². The van der Waals surface area contributed by atoms with Crippen LogP contribution in [-0.4, -0.2) is 19.8 Å². The van der Waals surface area contributed by atoms with Gasteiger partial charge in [0.2, 0.25) is 11.6 Å². The van der Waals surface area contributed by atoms with Crippen molar-refractivity contribution in [3.8, 4) is 0 Å². The number of nitrogens with zero attached hydrogens (tertiary/aromatic N) is 4. The maximum absolute atomic E-state index is 11.7. The molecule has 3 rings (SSSR count). The van der Waals surface area contributed by atoms with E-state index in [0.29, 0.717) is 5.69 Å². The maximum atomic E-state index is 11.7. The fourth-order valence-electron chi connectivity index (χ4n) is 2.61. The molecule has 142 valence electrons. The summed E-state index contributed by atoms with van der Waals surface area (Å²) in [4.78, 5) is 29.4. The topological polar surface area (TPSA) is 136 Å². The highest BCUT2D eigenvalue weighted by Gasteiger charge is 2.24. The van der Waals surface area contributed by atoms with Gasteiger partial charge in [-0.2, -0.15) is 0 Å². The Morgan fingerprint density at radius 1 is 0.929 bits per heavy atom. The number of benzene rings is 2. The summed E-state index contributed by atoms with van der Waals surface area (Å²) >= 11 is 0. The van der Waals surface area contributed by atoms with Gasteiger partial charge in [-0.05, 0) is 18.6 Å². The molecule has 1 aromatic heterocycles. The fourth-order valence-corrected chi connectivity index (χ4v) is 2.61. The highest BCUT2D eigenvalue weighted by Crippen LogP contribution is 2.33. The molecule has 0 saturated carbocycles. The van der Waals surface area contributed by atoms with E-state index in [-0.39, 0.29) is 29.1 Å². The lowest BCUT2D eigenvalue weighted by Gasteiger charge is -2.15. The summed E-state index contributed by atoms with van der Waals surface area (Å²) in [6.45, 7) is 1.86. The van der Waals surface area contributed by atoms with Crippen molar-refractivity contribution >= 4 is 28.7 Å². The number of aromatic nitrogens is 2. The average Bonchev–Trinajstić information content (AvgIpc) is 2.68. The van der Waals surface area contributed by atoms with Gasteiger partial charge in [-0.3, -0.25) is 20.2 Å². The largest absolute Gasteiger partial charge is 0.358 e. The molecule has 0 spiro atoms. The smallest absolute Gasteiger partial charge is 0.353 e. The average molecular weight is 380 g/mol. The Kier molecular flexibility index (Phi) is 5.40. The van der Waals surface area contributed by atoms with E-state index in [0.717, 1.165) is 5.56 Å². The molecule has 0 saturated heterocycles. The molecule has 0 aliphatic carbocycles. The zero-order valence-corrected chi connectivity index (χ0v) is 14.8. The van der Waals surface area contributed by atoms with Crippen molar-refractivity contribution in [3.05, 3.63) is 86.7 Å². The minimum Gasteiger partial charge on any atom is -0.358 e. The lowest BCUT2D eigenvalue weighted by Crippen LogP contribution is -2.11. The van der Waals surface area contributed by atoms with Crippen LogP contribution in [0.15, 0.2) is 60.9 Å². The number of nitro benzene ring substituents is 1. The molecule has 0 radical (unpaired) electrons. The van der Waals surface area contributed by atoms with Gasteiger partial charge in [0.1, 0.15) is 6.33 Å². The Bertz CT molecular complexity index is 1010. The number of non-ortho nitro benzene ring substituents is 1. The van der Waals surface area contributed by atoms with Gasteiger partial charge in [-0.25, -0.2) is 9.97 Å². The minimum absolute atomic E-state index is 0.0456. The van der Waals surface area contributed by atoms with Crippen LogP contribution in [0.5, 0.6) is 0 Å². The van der Waals surface area contributed by atoms with Gasteiger partial charge in [0.25, 0.3) is 5.69 Å². The third-order valence-corrected chi connectivity index (χ3v) is 3.98. The molecule has 28 heavy (non-hydrogen) atoms. The lowest BCUT2D eigenvalue weighted by molar-refractivity contribution is -0.384. The second-order valence-corrected chi connectivity index (χ2v) is 5.89. The van der Waals surface area contributed by atoms with Crippen LogP contribution in [0.1, 0.15) is 18.5 Å². The van der Waals surface area contributed by atoms with Crippen LogP contribution in [0.2, 0.25) is 0 Å². The molecule has 10 nitrogen and oxygen atoms in total. The van der Waals surface area contributed by atoms with Gasteiger partial charge in [-0.1, -0.05) is 36.4 Å². The molecule has 1 unspecified atom stereocenters. The SMILES string of the molecule is CC(Nc1ncnc(Nc2cccc([N+](=O)[O-])c2)c1[N+](=O)[O-])c1ccccc1. The summed E-state index contributed by atoms with van der Waals surface area (Å²) in [5.74, 6) is -0.0208. The quantitative estimate of drug-likeness (QED) is 0.459. The third-order valence-electron chi connectivity index (χ3n) is 3.98. The summed E-state index contributed by atoms with van der Waals surface area (Å²) in [6, 6.07) is 14.8. The highest BCUT2D eigenvalue weighted by molar-refractivity contribution is 5.74. The second kappa shape index (κ2) is 8.08. The van der Waals surface area contributed by atoms with Crippen LogP contribution in [-0.2, 0) is 0 Å². The molecular weight excluding hydrogens is 364 g/mol. The van der Waals surface area contributed by atoms with Gasteiger partial charge in [0, 0.05) is 17.8 Å². The van der Waals surface area contributed by atoms with E-state index >= 15 is 0 Å². The number of hydrogen-bond acceptors (Lipinski definition) is 8. The first-order chi connectivity index (χ1) is 13.5. The Balaban J connectivity index is 1.92. The zero-order chi connectivity index (χ0) is 20.1. The summed E-state index contributed by atoms with van der Waals surface area (Å²) < 4.78 is 0. The van der Waals surface area contributed by atoms with Crippen LogP contribution >= 0.6 is 0 Å². The Hall–Kier alpha value is -4.08. The van der Waals surface area contributed by atoms with Crippen molar-refractivity contribution in [2.45, 2.75) is 13.0 Å². The van der Waals surface area contributed by atoms with E-state index < -0.39 is 9.85 Å². The molecule has 0 aliphatic heterocycles. The van der Waals surface area contributed by atoms with Crippen molar-refractivity contribution in [1.82, 2.24) is 9.97 Å². The van der Waals surface area contributed by atoms with E-state index in [1.54, 1.807) is 6.07 Å². The van der Waals surface area contributed by atoms with Gasteiger partial charge < -0.3 is 10.6 Å². The molecule has 3 aromatic rings. The molecule has 10 heteroatoms. The molecule has 0 bridgehead atoms. The van der Waals surface area contributed by atoms with Gasteiger partial charge in [0.15, 0.2) is 0 Å². The van der Waals surface area contributed by atoms with Crippen LogP contribution in [0, 0.1) is 20.2 Å². The summed E-state index contributed by atoms with van der Waals surface area (Å²) in [5, 5.41) is 28.4. The third kappa shape index (κ3) is 4.18. The monoisotopic (exact) mass is 380 g/mol. The van der Waals surface area contributed by atoms with Crippen LogP contribution in [0.3, 0.4) is 0 Å². The lowest BCUT2D eigenvalue weighted by atomic mass is 10.1. The Labute approximate surface area is 159 Å². The molecular formula is C18H16N6O4. The number of anilines is 3. The molecule has 2 aromatic carbocycles. The minimum atomic E-state index is -0.597. The zero-order valence-electron chi connectivity index (χ0n) is 14.8. The summed E-state index contributed by atoms with van der Waals surface area (Å²) in [5.41, 5.74) is 0.746. The number of nitro groups is 2. The first-order valence-electron chi connectivity index (χ1n) is 8.28. The molecule has 0 amide bonds. The maximum Gasteiger partial charge on any atom is 0.353 e. The van der Waals surface area contributed by atoms with Gasteiger partial charge >= 0.3 is 5.69 Å². The highest BCUT2D eigenvalue weighted by atomic mass is 16.6. The molecule has 0 fully saturated rings. The first kappa shape index (κ1) is 18.7. The van der Waals surface area contributed by atoms with Crippen LogP contribution in [0.25, 0.3) is 0 Å². The standard InChI is InChI=1S/C18H16N6O4/c1-12(13-6-3-2-4-7-13)21-17-16(24(27)28)18(20-11-19-17)22-14-8-5-9-15(10-14)23(25)26/h2-12H,1H3,(H2,19,20,21,22). The van der Waals surface area contributed by atoms with E-state index in [1.807, 2.05) is 37.3 Å². The second-order valence-electron chi connectivity index (χ2n) is 5.89. The van der Waals surface area contributed by atoms with E-state index in [1.165, 1.54) is 24.5 Å². The van der Waals surface area contributed by atoms with Crippen molar-refractivity contribution < 1.29 is 9.85 Å². The first-order valence-corrected chi connectivity index (χ1v) is 8.28. The predicted octanol–water partition coefficient (Wildman–Crippen LogP) is 4.21. The number of hydrogen-bond donors (Lipinski definition) is 2. The Morgan fingerprint density at radius 2 is 1.64 bits per heavy atom. The van der Waals surface area contributed by atoms with Gasteiger partial charge in [-0.15, -0.1) is 0 Å². The number of nitrogens with one attached hydrogen (secondary N) is 2. The molecule has 2 N–H and O–H groups in total.